The molecule has 0 fully saturated rings. The highest BCUT2D eigenvalue weighted by Crippen LogP contribution is 2.42. The molecular weight excluding hydrogens is 585 g/mol. The summed E-state index contributed by atoms with van der Waals surface area (Å²) in [5.41, 5.74) is 1.78. The molecule has 11 heteroatoms. The zero-order valence-corrected chi connectivity index (χ0v) is 24.7. The number of rotatable bonds is 14. The van der Waals surface area contributed by atoms with Gasteiger partial charge in [0.15, 0.2) is 16.9 Å². The first-order valence-corrected chi connectivity index (χ1v) is 14.3. The zero-order valence-electron chi connectivity index (χ0n) is 23.2. The van der Waals surface area contributed by atoms with Gasteiger partial charge >= 0.3 is 5.97 Å². The summed E-state index contributed by atoms with van der Waals surface area (Å²) in [6.45, 7) is 1.87. The maximum absolute atomic E-state index is 12.8. The molecule has 0 atom stereocenters. The van der Waals surface area contributed by atoms with Crippen molar-refractivity contribution in [2.45, 2.75) is 6.42 Å². The third-order valence-corrected chi connectivity index (χ3v) is 6.78. The number of nitrogens with zero attached hydrogens (tertiary/aromatic N) is 1. The number of ether oxygens (including phenoxy) is 4. The summed E-state index contributed by atoms with van der Waals surface area (Å²) in [5, 5.41) is 10.5. The van der Waals surface area contributed by atoms with Crippen molar-refractivity contribution in [3.05, 3.63) is 76.5 Å². The lowest BCUT2D eigenvalue weighted by Gasteiger charge is -2.22. The average molecular weight is 616 g/mol. The maximum atomic E-state index is 12.8. The normalized spacial score (nSPS) is 10.9. The number of methoxy groups -OCH3 is 2. The molecule has 0 amide bonds. The highest BCUT2D eigenvalue weighted by atomic mass is 35.5. The molecule has 4 aromatic rings. The summed E-state index contributed by atoms with van der Waals surface area (Å²) in [7, 11) is 2.80. The van der Waals surface area contributed by atoms with E-state index in [1.54, 1.807) is 36.4 Å². The van der Waals surface area contributed by atoms with Crippen molar-refractivity contribution in [3.8, 4) is 34.3 Å². The van der Waals surface area contributed by atoms with Gasteiger partial charge in [-0.1, -0.05) is 0 Å². The second kappa shape index (κ2) is 14.7. The van der Waals surface area contributed by atoms with Crippen LogP contribution in [0.1, 0.15) is 16.8 Å². The van der Waals surface area contributed by atoms with E-state index in [9.17, 15) is 14.7 Å². The van der Waals surface area contributed by atoms with E-state index >= 15 is 0 Å². The molecule has 0 aliphatic heterocycles. The minimum Gasteiger partial charge on any atom is -0.504 e. The molecule has 0 aliphatic carbocycles. The number of benzene rings is 3. The molecule has 4 rings (SSSR count). The fourth-order valence-electron chi connectivity index (χ4n) is 4.35. The van der Waals surface area contributed by atoms with Crippen LogP contribution in [0, 0.1) is 0 Å². The van der Waals surface area contributed by atoms with Gasteiger partial charge < -0.3 is 33.4 Å². The van der Waals surface area contributed by atoms with Crippen molar-refractivity contribution in [2.75, 3.05) is 57.2 Å². The Balaban J connectivity index is 1.30. The van der Waals surface area contributed by atoms with E-state index in [1.807, 2.05) is 12.1 Å². The van der Waals surface area contributed by atoms with Gasteiger partial charge in [0.05, 0.1) is 33.0 Å². The Bertz CT molecular complexity index is 1550. The van der Waals surface area contributed by atoms with Crippen LogP contribution >= 0.6 is 23.2 Å². The van der Waals surface area contributed by atoms with Crippen molar-refractivity contribution >= 4 is 45.8 Å². The molecule has 0 saturated heterocycles. The van der Waals surface area contributed by atoms with Crippen LogP contribution in [0.15, 0.2) is 69.9 Å². The molecule has 0 radical (unpaired) electrons. The summed E-state index contributed by atoms with van der Waals surface area (Å²) in [6.07, 6.45) is 0.499. The Labute approximate surface area is 253 Å². The lowest BCUT2D eigenvalue weighted by molar-refractivity contribution is 0.0486. The number of phenols is 1. The van der Waals surface area contributed by atoms with Gasteiger partial charge in [-0.2, -0.15) is 0 Å². The SMILES string of the molecule is COc1cc2oc(-c3ccc(OCCCOC(=O)c4ccc(N(CCCl)CCCl)cc4)cc3)cc(=O)c2c(O)c1OC. The van der Waals surface area contributed by atoms with Crippen molar-refractivity contribution in [2.24, 2.45) is 0 Å². The van der Waals surface area contributed by atoms with Crippen molar-refractivity contribution in [3.63, 3.8) is 0 Å². The smallest absolute Gasteiger partial charge is 0.338 e. The van der Waals surface area contributed by atoms with E-state index in [-0.39, 0.29) is 34.8 Å². The monoisotopic (exact) mass is 615 g/mol. The fraction of sp³-hybridized carbons (Fsp3) is 0.290. The van der Waals surface area contributed by atoms with Crippen LogP contribution in [0.2, 0.25) is 0 Å². The van der Waals surface area contributed by atoms with Crippen LogP contribution in [-0.4, -0.2) is 63.4 Å². The van der Waals surface area contributed by atoms with Crippen molar-refractivity contribution < 1.29 is 33.3 Å². The number of carbonyl (C=O) groups excluding carboxylic acids is 1. The third-order valence-electron chi connectivity index (χ3n) is 6.44. The summed E-state index contributed by atoms with van der Waals surface area (Å²) in [4.78, 5) is 27.2. The first kappa shape index (κ1) is 30.9. The molecule has 1 N–H and O–H groups in total. The standard InChI is InChI=1S/C31H31Cl2NO8/c1-38-27-19-26-28(29(36)30(27)39-2)24(35)18-25(42-26)20-6-10-23(11-7-20)40-16-3-17-41-31(37)21-4-8-22(9-5-21)34(14-12-32)15-13-33/h4-11,18-19,36H,3,12-17H2,1-2H3. The van der Waals surface area contributed by atoms with Gasteiger partial charge in [-0.3, -0.25) is 4.79 Å². The van der Waals surface area contributed by atoms with E-state index in [1.165, 1.54) is 26.4 Å². The second-order valence-electron chi connectivity index (χ2n) is 9.08. The topological polar surface area (TPSA) is 108 Å². The molecule has 3 aromatic carbocycles. The Morgan fingerprint density at radius 1 is 0.929 bits per heavy atom. The summed E-state index contributed by atoms with van der Waals surface area (Å²) < 4.78 is 27.4. The predicted octanol–water partition coefficient (Wildman–Crippen LogP) is 6.09. The summed E-state index contributed by atoms with van der Waals surface area (Å²) in [5.74, 6) is 1.43. The number of fused-ring (bicyclic) bond motifs is 1. The summed E-state index contributed by atoms with van der Waals surface area (Å²) in [6, 6.07) is 17.0. The van der Waals surface area contributed by atoms with E-state index in [0.717, 1.165) is 5.69 Å². The van der Waals surface area contributed by atoms with Crippen LogP contribution in [0.4, 0.5) is 5.69 Å². The molecule has 0 bridgehead atoms. The fourth-order valence-corrected chi connectivity index (χ4v) is 4.76. The largest absolute Gasteiger partial charge is 0.504 e. The minimum absolute atomic E-state index is 0.00485. The molecule has 42 heavy (non-hydrogen) atoms. The zero-order chi connectivity index (χ0) is 30.1. The lowest BCUT2D eigenvalue weighted by Crippen LogP contribution is -2.27. The van der Waals surface area contributed by atoms with E-state index in [4.69, 9.17) is 46.6 Å². The molecule has 0 aliphatic rings. The van der Waals surface area contributed by atoms with Crippen molar-refractivity contribution in [1.29, 1.82) is 0 Å². The third kappa shape index (κ3) is 7.21. The Hall–Kier alpha value is -4.08. The van der Waals surface area contributed by atoms with Crippen LogP contribution < -0.4 is 24.5 Å². The lowest BCUT2D eigenvalue weighted by atomic mass is 10.1. The van der Waals surface area contributed by atoms with Crippen LogP contribution in [0.5, 0.6) is 23.0 Å². The average Bonchev–Trinajstić information content (AvgIpc) is 3.00. The van der Waals surface area contributed by atoms with Gasteiger partial charge in [0, 0.05) is 54.7 Å². The van der Waals surface area contributed by atoms with Gasteiger partial charge in [0.2, 0.25) is 5.75 Å². The highest BCUT2D eigenvalue weighted by molar-refractivity contribution is 6.18. The van der Waals surface area contributed by atoms with Crippen LogP contribution in [0.3, 0.4) is 0 Å². The van der Waals surface area contributed by atoms with E-state index in [2.05, 4.69) is 4.90 Å². The Morgan fingerprint density at radius 3 is 2.24 bits per heavy atom. The van der Waals surface area contributed by atoms with Crippen molar-refractivity contribution in [1.82, 2.24) is 0 Å². The van der Waals surface area contributed by atoms with Crippen LogP contribution in [0.25, 0.3) is 22.3 Å². The Morgan fingerprint density at radius 2 is 1.62 bits per heavy atom. The number of anilines is 1. The summed E-state index contributed by atoms with van der Waals surface area (Å²) >= 11 is 11.7. The van der Waals surface area contributed by atoms with E-state index < -0.39 is 11.4 Å². The molecule has 0 unspecified atom stereocenters. The van der Waals surface area contributed by atoms with Gasteiger partial charge in [0.25, 0.3) is 0 Å². The predicted molar refractivity (Wildman–Crippen MR) is 163 cm³/mol. The first-order valence-electron chi connectivity index (χ1n) is 13.2. The second-order valence-corrected chi connectivity index (χ2v) is 9.84. The number of phenolic OH excluding ortho intramolecular Hbond substituents is 1. The molecule has 222 valence electrons. The molecule has 0 spiro atoms. The van der Waals surface area contributed by atoms with Gasteiger partial charge in [-0.05, 0) is 48.5 Å². The molecule has 1 heterocycles. The quantitative estimate of drug-likeness (QED) is 0.102. The van der Waals surface area contributed by atoms with Gasteiger partial charge in [0.1, 0.15) is 22.5 Å². The maximum Gasteiger partial charge on any atom is 0.338 e. The number of esters is 1. The molecule has 1 aromatic heterocycles. The van der Waals surface area contributed by atoms with Gasteiger partial charge in [-0.15, -0.1) is 23.2 Å². The van der Waals surface area contributed by atoms with Crippen LogP contribution in [-0.2, 0) is 4.74 Å². The Kier molecular flexibility index (Phi) is 10.8. The number of hydrogen-bond donors (Lipinski definition) is 1. The number of alkyl halides is 2. The van der Waals surface area contributed by atoms with Gasteiger partial charge in [-0.25, -0.2) is 4.79 Å². The first-order chi connectivity index (χ1) is 20.4. The highest BCUT2D eigenvalue weighted by Gasteiger charge is 2.19. The number of carbonyl (C=O) groups is 1. The molecule has 0 saturated carbocycles. The minimum atomic E-state index is -0.421. The number of hydrogen-bond acceptors (Lipinski definition) is 9. The number of aromatic hydroxyl groups is 1. The van der Waals surface area contributed by atoms with E-state index in [0.29, 0.717) is 60.5 Å². The number of halogens is 2. The molecular formula is C31H31Cl2NO8. The molecule has 9 nitrogen and oxygen atoms in total.